The Bertz CT molecular complexity index is 536. The molecule has 5 nitrogen and oxygen atoms in total. The third kappa shape index (κ3) is 2.36. The standard InChI is InChI=1S/C13H17N3O2/c1-2-16(8-5-9-17)13(18)12-10-6-3-4-7-11(10)14-15-12/h3-4,6-7,17H,2,5,8-9H2,1H3,(H,14,15). The van der Waals surface area contributed by atoms with E-state index < -0.39 is 0 Å². The van der Waals surface area contributed by atoms with Crippen LogP contribution in [0.2, 0.25) is 0 Å². The average molecular weight is 247 g/mol. The van der Waals surface area contributed by atoms with E-state index in [9.17, 15) is 4.79 Å². The molecule has 0 aliphatic carbocycles. The Labute approximate surface area is 105 Å². The number of fused-ring (bicyclic) bond motifs is 1. The zero-order valence-corrected chi connectivity index (χ0v) is 10.4. The van der Waals surface area contributed by atoms with Gasteiger partial charge in [0.15, 0.2) is 5.69 Å². The number of aliphatic hydroxyl groups is 1. The van der Waals surface area contributed by atoms with E-state index >= 15 is 0 Å². The lowest BCUT2D eigenvalue weighted by Crippen LogP contribution is -2.32. The van der Waals surface area contributed by atoms with Gasteiger partial charge < -0.3 is 10.0 Å². The number of carbonyl (C=O) groups excluding carboxylic acids is 1. The van der Waals surface area contributed by atoms with Crippen molar-refractivity contribution in [2.24, 2.45) is 0 Å². The molecule has 0 aliphatic rings. The number of H-pyrrole nitrogens is 1. The number of rotatable bonds is 5. The minimum absolute atomic E-state index is 0.0884. The molecule has 5 heteroatoms. The van der Waals surface area contributed by atoms with Crippen LogP contribution in [0.3, 0.4) is 0 Å². The molecule has 2 rings (SSSR count). The third-order valence-electron chi connectivity index (χ3n) is 2.93. The summed E-state index contributed by atoms with van der Waals surface area (Å²) in [6.45, 7) is 3.17. The summed E-state index contributed by atoms with van der Waals surface area (Å²) in [6, 6.07) is 7.56. The van der Waals surface area contributed by atoms with Crippen molar-refractivity contribution in [2.75, 3.05) is 19.7 Å². The van der Waals surface area contributed by atoms with Gasteiger partial charge in [-0.25, -0.2) is 0 Å². The topological polar surface area (TPSA) is 69.2 Å². The first-order valence-corrected chi connectivity index (χ1v) is 6.11. The van der Waals surface area contributed by atoms with Crippen LogP contribution >= 0.6 is 0 Å². The van der Waals surface area contributed by atoms with E-state index in [1.807, 2.05) is 31.2 Å². The van der Waals surface area contributed by atoms with Crippen molar-refractivity contribution in [1.29, 1.82) is 0 Å². The number of amides is 1. The van der Waals surface area contributed by atoms with E-state index in [-0.39, 0.29) is 12.5 Å². The number of hydrogen-bond acceptors (Lipinski definition) is 3. The van der Waals surface area contributed by atoms with E-state index in [0.717, 1.165) is 10.9 Å². The Hall–Kier alpha value is -1.88. The normalized spacial score (nSPS) is 10.8. The van der Waals surface area contributed by atoms with Crippen LogP contribution in [0.15, 0.2) is 24.3 Å². The molecule has 0 saturated carbocycles. The fourth-order valence-corrected chi connectivity index (χ4v) is 1.94. The first-order valence-electron chi connectivity index (χ1n) is 6.11. The van der Waals surface area contributed by atoms with Gasteiger partial charge in [-0.2, -0.15) is 5.10 Å². The van der Waals surface area contributed by atoms with E-state index in [1.54, 1.807) is 4.90 Å². The van der Waals surface area contributed by atoms with Crippen LogP contribution in [-0.2, 0) is 0 Å². The molecule has 1 aromatic carbocycles. The summed E-state index contributed by atoms with van der Waals surface area (Å²) in [5.41, 5.74) is 1.31. The monoisotopic (exact) mass is 247 g/mol. The summed E-state index contributed by atoms with van der Waals surface area (Å²) in [5.74, 6) is -0.0941. The zero-order valence-electron chi connectivity index (χ0n) is 10.4. The lowest BCUT2D eigenvalue weighted by Gasteiger charge is -2.19. The molecule has 2 aromatic rings. The highest BCUT2D eigenvalue weighted by Gasteiger charge is 2.19. The van der Waals surface area contributed by atoms with E-state index in [0.29, 0.717) is 25.2 Å². The molecular formula is C13H17N3O2. The molecule has 0 unspecified atom stereocenters. The smallest absolute Gasteiger partial charge is 0.274 e. The van der Waals surface area contributed by atoms with Crippen LogP contribution in [-0.4, -0.2) is 45.8 Å². The van der Waals surface area contributed by atoms with Gasteiger partial charge in [0.1, 0.15) is 0 Å². The number of aliphatic hydroxyl groups excluding tert-OH is 1. The minimum atomic E-state index is -0.0941. The van der Waals surface area contributed by atoms with Crippen molar-refractivity contribution in [2.45, 2.75) is 13.3 Å². The van der Waals surface area contributed by atoms with Crippen molar-refractivity contribution >= 4 is 16.8 Å². The van der Waals surface area contributed by atoms with Crippen LogP contribution in [0, 0.1) is 0 Å². The summed E-state index contributed by atoms with van der Waals surface area (Å²) in [5, 5.41) is 16.6. The predicted octanol–water partition coefficient (Wildman–Crippen LogP) is 1.41. The van der Waals surface area contributed by atoms with Gasteiger partial charge in [0.2, 0.25) is 0 Å². The molecule has 2 N–H and O–H groups in total. The van der Waals surface area contributed by atoms with Gasteiger partial charge >= 0.3 is 0 Å². The molecule has 0 aliphatic heterocycles. The van der Waals surface area contributed by atoms with Crippen molar-refractivity contribution in [3.05, 3.63) is 30.0 Å². The highest BCUT2D eigenvalue weighted by Crippen LogP contribution is 2.16. The first-order chi connectivity index (χ1) is 8.77. The van der Waals surface area contributed by atoms with Gasteiger partial charge in [-0.3, -0.25) is 9.89 Å². The summed E-state index contributed by atoms with van der Waals surface area (Å²) in [7, 11) is 0. The SMILES string of the molecule is CCN(CCCO)C(=O)c1n[nH]c2ccccc12. The number of aromatic amines is 1. The van der Waals surface area contributed by atoms with Crippen LogP contribution in [0.4, 0.5) is 0 Å². The van der Waals surface area contributed by atoms with E-state index in [1.165, 1.54) is 0 Å². The maximum absolute atomic E-state index is 12.3. The van der Waals surface area contributed by atoms with Crippen molar-refractivity contribution in [1.82, 2.24) is 15.1 Å². The van der Waals surface area contributed by atoms with Gasteiger partial charge in [0, 0.05) is 25.1 Å². The highest BCUT2D eigenvalue weighted by molar-refractivity contribution is 6.04. The maximum Gasteiger partial charge on any atom is 0.274 e. The third-order valence-corrected chi connectivity index (χ3v) is 2.93. The molecule has 1 heterocycles. The summed E-state index contributed by atoms with van der Waals surface area (Å²) < 4.78 is 0. The van der Waals surface area contributed by atoms with Crippen molar-refractivity contribution in [3.8, 4) is 0 Å². The Balaban J connectivity index is 2.26. The number of aromatic nitrogens is 2. The fraction of sp³-hybridized carbons (Fsp3) is 0.385. The lowest BCUT2D eigenvalue weighted by atomic mass is 10.2. The van der Waals surface area contributed by atoms with Crippen LogP contribution in [0.5, 0.6) is 0 Å². The molecule has 96 valence electrons. The van der Waals surface area contributed by atoms with Gasteiger partial charge in [-0.15, -0.1) is 0 Å². The number of carbonyl (C=O) groups is 1. The fourth-order valence-electron chi connectivity index (χ4n) is 1.94. The first kappa shape index (κ1) is 12.6. The highest BCUT2D eigenvalue weighted by atomic mass is 16.3. The Morgan fingerprint density at radius 2 is 2.22 bits per heavy atom. The largest absolute Gasteiger partial charge is 0.396 e. The molecule has 0 atom stereocenters. The Morgan fingerprint density at radius 1 is 1.44 bits per heavy atom. The number of para-hydroxylation sites is 1. The number of hydrogen-bond donors (Lipinski definition) is 2. The van der Waals surface area contributed by atoms with Gasteiger partial charge in [-0.05, 0) is 19.4 Å². The van der Waals surface area contributed by atoms with Gasteiger partial charge in [-0.1, -0.05) is 18.2 Å². The van der Waals surface area contributed by atoms with E-state index in [4.69, 9.17) is 5.11 Å². The van der Waals surface area contributed by atoms with Gasteiger partial charge in [0.05, 0.1) is 5.52 Å². The second kappa shape index (κ2) is 5.64. The zero-order chi connectivity index (χ0) is 13.0. The second-order valence-corrected chi connectivity index (χ2v) is 4.08. The molecule has 0 saturated heterocycles. The number of benzene rings is 1. The van der Waals surface area contributed by atoms with Gasteiger partial charge in [0.25, 0.3) is 5.91 Å². The molecule has 0 radical (unpaired) electrons. The quantitative estimate of drug-likeness (QED) is 0.839. The molecule has 0 bridgehead atoms. The minimum Gasteiger partial charge on any atom is -0.396 e. The number of nitrogens with one attached hydrogen (secondary N) is 1. The van der Waals surface area contributed by atoms with Crippen LogP contribution in [0.25, 0.3) is 10.9 Å². The molecular weight excluding hydrogens is 230 g/mol. The molecule has 1 aromatic heterocycles. The van der Waals surface area contributed by atoms with Crippen LogP contribution < -0.4 is 0 Å². The molecule has 0 spiro atoms. The Kier molecular flexibility index (Phi) is 3.94. The van der Waals surface area contributed by atoms with E-state index in [2.05, 4.69) is 10.2 Å². The summed E-state index contributed by atoms with van der Waals surface area (Å²) >= 11 is 0. The Morgan fingerprint density at radius 3 is 2.94 bits per heavy atom. The lowest BCUT2D eigenvalue weighted by molar-refractivity contribution is 0.0750. The van der Waals surface area contributed by atoms with Crippen molar-refractivity contribution in [3.63, 3.8) is 0 Å². The summed E-state index contributed by atoms with van der Waals surface area (Å²) in [4.78, 5) is 14.0. The molecule has 18 heavy (non-hydrogen) atoms. The summed E-state index contributed by atoms with van der Waals surface area (Å²) in [6.07, 6.45) is 0.585. The molecule has 1 amide bonds. The van der Waals surface area contributed by atoms with Crippen molar-refractivity contribution < 1.29 is 9.90 Å². The average Bonchev–Trinajstić information content (AvgIpc) is 2.83. The number of nitrogens with zero attached hydrogens (tertiary/aromatic N) is 2. The maximum atomic E-state index is 12.3. The predicted molar refractivity (Wildman–Crippen MR) is 69.4 cm³/mol. The second-order valence-electron chi connectivity index (χ2n) is 4.08. The van der Waals surface area contributed by atoms with Crippen LogP contribution in [0.1, 0.15) is 23.8 Å². The molecule has 0 fully saturated rings.